The van der Waals surface area contributed by atoms with Gasteiger partial charge in [-0.3, -0.25) is 9.88 Å². The molecule has 212 valence electrons. The van der Waals surface area contributed by atoms with Gasteiger partial charge in [-0.15, -0.1) is 0 Å². The molecule has 2 aliphatic rings. The number of furan rings is 1. The summed E-state index contributed by atoms with van der Waals surface area (Å²) in [7, 11) is 0. The van der Waals surface area contributed by atoms with E-state index in [1.807, 2.05) is 25.1 Å². The van der Waals surface area contributed by atoms with Crippen molar-refractivity contribution >= 4 is 11.9 Å². The first-order chi connectivity index (χ1) is 17.7. The molecule has 2 aliphatic heterocycles. The zero-order valence-corrected chi connectivity index (χ0v) is 20.0. The third-order valence-corrected chi connectivity index (χ3v) is 5.44. The van der Waals surface area contributed by atoms with Crippen molar-refractivity contribution in [3.63, 3.8) is 0 Å². The van der Waals surface area contributed by atoms with E-state index in [2.05, 4.69) is 16.0 Å². The van der Waals surface area contributed by atoms with Crippen LogP contribution in [0.25, 0.3) is 0 Å². The van der Waals surface area contributed by atoms with Crippen molar-refractivity contribution < 1.29 is 60.0 Å². The van der Waals surface area contributed by atoms with Crippen LogP contribution in [0.15, 0.2) is 41.1 Å². The molecule has 2 saturated heterocycles. The number of hydrogen-bond donors (Lipinski definition) is 2. The van der Waals surface area contributed by atoms with E-state index >= 15 is 0 Å². The van der Waals surface area contributed by atoms with Gasteiger partial charge in [-0.25, -0.2) is 9.59 Å². The summed E-state index contributed by atoms with van der Waals surface area (Å²) in [4.78, 5) is 24.3. The Balaban J connectivity index is 0.000000301. The zero-order chi connectivity index (χ0) is 28.5. The standard InChI is InChI=1S/C19H24N2O3.2C2HF3O2/c1-14-4-5-16(24-14)11-21-12-18(19-17(21)3-2-10-22-19)23-13-15-6-8-20-9-7-15;2*3-2(4,5)1(6)7/h4-9,17-19H,2-3,10-13H2,1H3;2*(H,6,7)/t17-,18+,19+;;/m0../s1. The van der Waals surface area contributed by atoms with Crippen molar-refractivity contribution in [1.29, 1.82) is 0 Å². The minimum Gasteiger partial charge on any atom is -0.475 e. The van der Waals surface area contributed by atoms with E-state index in [9.17, 15) is 26.3 Å². The Bertz CT molecular complexity index is 1010. The van der Waals surface area contributed by atoms with E-state index in [1.165, 1.54) is 6.42 Å². The average molecular weight is 556 g/mol. The molecule has 0 aromatic carbocycles. The van der Waals surface area contributed by atoms with Crippen LogP contribution in [0, 0.1) is 6.92 Å². The predicted octanol–water partition coefficient (Wildman–Crippen LogP) is 4.20. The number of ether oxygens (including phenoxy) is 2. The van der Waals surface area contributed by atoms with Gasteiger partial charge in [0.1, 0.15) is 17.6 Å². The lowest BCUT2D eigenvalue weighted by atomic mass is 10.0. The van der Waals surface area contributed by atoms with Gasteiger partial charge in [0, 0.05) is 31.6 Å². The maximum atomic E-state index is 10.6. The van der Waals surface area contributed by atoms with Crippen LogP contribution < -0.4 is 0 Å². The second-order valence-corrected chi connectivity index (χ2v) is 8.30. The molecule has 0 unspecified atom stereocenters. The number of rotatable bonds is 5. The predicted molar refractivity (Wildman–Crippen MR) is 117 cm³/mol. The Kier molecular flexibility index (Phi) is 11.1. The van der Waals surface area contributed by atoms with E-state index < -0.39 is 24.3 Å². The number of aryl methyl sites for hydroxylation is 1. The first-order valence-electron chi connectivity index (χ1n) is 11.2. The molecule has 2 N–H and O–H groups in total. The fourth-order valence-corrected chi connectivity index (χ4v) is 3.78. The molecule has 38 heavy (non-hydrogen) atoms. The normalized spacial score (nSPS) is 21.4. The Morgan fingerprint density at radius 3 is 2.13 bits per heavy atom. The lowest BCUT2D eigenvalue weighted by Gasteiger charge is -2.32. The third kappa shape index (κ3) is 9.95. The van der Waals surface area contributed by atoms with Crippen molar-refractivity contribution in [3.8, 4) is 0 Å². The van der Waals surface area contributed by atoms with Gasteiger partial charge in [0.25, 0.3) is 0 Å². The number of halogens is 6. The maximum Gasteiger partial charge on any atom is 0.490 e. The molecule has 2 fully saturated rings. The first-order valence-corrected chi connectivity index (χ1v) is 11.2. The Morgan fingerprint density at radius 1 is 1.05 bits per heavy atom. The Labute approximate surface area is 213 Å². The molecule has 4 rings (SSSR count). The van der Waals surface area contributed by atoms with Gasteiger partial charge in [0.15, 0.2) is 0 Å². The topological polar surface area (TPSA) is 122 Å². The molecular weight excluding hydrogens is 530 g/mol. The summed E-state index contributed by atoms with van der Waals surface area (Å²) >= 11 is 0. The monoisotopic (exact) mass is 556 g/mol. The lowest BCUT2D eigenvalue weighted by molar-refractivity contribution is -0.193. The Hall–Kier alpha value is -3.17. The number of fused-ring (bicyclic) bond motifs is 1. The summed E-state index contributed by atoms with van der Waals surface area (Å²) in [5.41, 5.74) is 1.15. The van der Waals surface area contributed by atoms with Crippen molar-refractivity contribution in [3.05, 3.63) is 53.7 Å². The molecule has 0 amide bonds. The van der Waals surface area contributed by atoms with Crippen LogP contribution in [0.4, 0.5) is 26.3 Å². The summed E-state index contributed by atoms with van der Waals surface area (Å²) in [5, 5.41) is 14.2. The lowest BCUT2D eigenvalue weighted by Crippen LogP contribution is -2.41. The van der Waals surface area contributed by atoms with Crippen molar-refractivity contribution in [2.45, 2.75) is 63.5 Å². The summed E-state index contributed by atoms with van der Waals surface area (Å²) < 4.78 is 81.5. The summed E-state index contributed by atoms with van der Waals surface area (Å²) in [6, 6.07) is 8.51. The quantitative estimate of drug-likeness (QED) is 0.522. The number of nitrogens with zero attached hydrogens (tertiary/aromatic N) is 2. The van der Waals surface area contributed by atoms with Gasteiger partial charge < -0.3 is 24.1 Å². The molecule has 0 spiro atoms. The number of pyridine rings is 1. The van der Waals surface area contributed by atoms with Gasteiger partial charge in [-0.1, -0.05) is 0 Å². The summed E-state index contributed by atoms with van der Waals surface area (Å²) in [6.07, 6.45) is -4.00. The fourth-order valence-electron chi connectivity index (χ4n) is 3.78. The smallest absolute Gasteiger partial charge is 0.475 e. The second-order valence-electron chi connectivity index (χ2n) is 8.30. The first kappa shape index (κ1) is 31.1. The minimum absolute atomic E-state index is 0.111. The third-order valence-electron chi connectivity index (χ3n) is 5.44. The number of aliphatic carboxylic acids is 2. The van der Waals surface area contributed by atoms with Crippen LogP contribution in [0.2, 0.25) is 0 Å². The van der Waals surface area contributed by atoms with E-state index in [-0.39, 0.29) is 12.2 Å². The molecule has 2 aromatic rings. The number of hydrogen-bond acceptors (Lipinski definition) is 7. The number of aromatic nitrogens is 1. The molecule has 3 atom stereocenters. The van der Waals surface area contributed by atoms with Crippen LogP contribution in [-0.4, -0.2) is 75.8 Å². The maximum absolute atomic E-state index is 10.6. The van der Waals surface area contributed by atoms with E-state index in [4.69, 9.17) is 33.7 Å². The largest absolute Gasteiger partial charge is 0.490 e. The molecule has 0 radical (unpaired) electrons. The van der Waals surface area contributed by atoms with Gasteiger partial charge in [-0.2, -0.15) is 26.3 Å². The molecule has 0 aliphatic carbocycles. The van der Waals surface area contributed by atoms with E-state index in [1.54, 1.807) is 12.4 Å². The molecule has 0 saturated carbocycles. The SMILES string of the molecule is Cc1ccc(CN2C[C@@H](OCc3ccncc3)[C@@H]3OCCC[C@@H]32)o1.O=C(O)C(F)(F)F.O=C(O)C(F)(F)F. The van der Waals surface area contributed by atoms with E-state index in [0.29, 0.717) is 12.6 Å². The Morgan fingerprint density at radius 2 is 1.63 bits per heavy atom. The van der Waals surface area contributed by atoms with Crippen molar-refractivity contribution in [1.82, 2.24) is 9.88 Å². The van der Waals surface area contributed by atoms with Crippen molar-refractivity contribution in [2.24, 2.45) is 0 Å². The number of alkyl halides is 6. The van der Waals surface area contributed by atoms with Crippen LogP contribution >= 0.6 is 0 Å². The zero-order valence-electron chi connectivity index (χ0n) is 20.0. The van der Waals surface area contributed by atoms with Crippen LogP contribution in [-0.2, 0) is 32.2 Å². The number of likely N-dealkylation sites (tertiary alicyclic amines) is 1. The summed E-state index contributed by atoms with van der Waals surface area (Å²) in [5.74, 6) is -3.53. The van der Waals surface area contributed by atoms with Crippen LogP contribution in [0.5, 0.6) is 0 Å². The number of carbonyl (C=O) groups is 2. The van der Waals surface area contributed by atoms with Crippen LogP contribution in [0.1, 0.15) is 29.9 Å². The molecule has 9 nitrogen and oxygen atoms in total. The minimum atomic E-state index is -5.08. The second kappa shape index (κ2) is 13.6. The molecule has 15 heteroatoms. The highest BCUT2D eigenvalue weighted by Crippen LogP contribution is 2.32. The van der Waals surface area contributed by atoms with Gasteiger partial charge in [0.05, 0.1) is 19.3 Å². The van der Waals surface area contributed by atoms with Crippen molar-refractivity contribution in [2.75, 3.05) is 13.2 Å². The molecule has 0 bridgehead atoms. The molecule has 4 heterocycles. The van der Waals surface area contributed by atoms with E-state index in [0.717, 1.165) is 43.2 Å². The highest BCUT2D eigenvalue weighted by atomic mass is 19.4. The number of carboxylic acid groups (broad SMARTS) is 2. The highest BCUT2D eigenvalue weighted by molar-refractivity contribution is 5.73. The molecule has 2 aromatic heterocycles. The van der Waals surface area contributed by atoms with Gasteiger partial charge in [-0.05, 0) is 49.6 Å². The number of carboxylic acids is 2. The fraction of sp³-hybridized carbons (Fsp3) is 0.522. The molecular formula is C23H26F6N2O7. The summed E-state index contributed by atoms with van der Waals surface area (Å²) in [6.45, 7) is 5.14. The average Bonchev–Trinajstić information content (AvgIpc) is 3.41. The van der Waals surface area contributed by atoms with Gasteiger partial charge >= 0.3 is 24.3 Å². The van der Waals surface area contributed by atoms with Gasteiger partial charge in [0.2, 0.25) is 0 Å². The highest BCUT2D eigenvalue weighted by Gasteiger charge is 2.45. The van der Waals surface area contributed by atoms with Crippen LogP contribution in [0.3, 0.4) is 0 Å².